The van der Waals surface area contributed by atoms with E-state index < -0.39 is 0 Å². The molecule has 0 fully saturated rings. The van der Waals surface area contributed by atoms with Crippen molar-refractivity contribution in [3.05, 3.63) is 29.8 Å². The fourth-order valence-corrected chi connectivity index (χ4v) is 2.36. The van der Waals surface area contributed by atoms with E-state index in [1.54, 1.807) is 0 Å². The molecule has 0 aliphatic carbocycles. The number of nitrogens with zero attached hydrogens (tertiary/aromatic N) is 1. The molecule has 3 heteroatoms. The van der Waals surface area contributed by atoms with Crippen molar-refractivity contribution in [3.63, 3.8) is 0 Å². The lowest BCUT2D eigenvalue weighted by Gasteiger charge is -2.29. The SMILES string of the molecule is CC(CNC1c2ccccc2OC1(C)C)N(C)C. The van der Waals surface area contributed by atoms with E-state index >= 15 is 0 Å². The molecule has 0 saturated heterocycles. The maximum absolute atomic E-state index is 6.02. The molecule has 1 N–H and O–H groups in total. The lowest BCUT2D eigenvalue weighted by molar-refractivity contribution is 0.0934. The van der Waals surface area contributed by atoms with Gasteiger partial charge in [0.05, 0.1) is 6.04 Å². The van der Waals surface area contributed by atoms with Crippen LogP contribution in [0.15, 0.2) is 24.3 Å². The van der Waals surface area contributed by atoms with E-state index in [0.29, 0.717) is 6.04 Å². The van der Waals surface area contributed by atoms with Crippen LogP contribution in [0.4, 0.5) is 0 Å². The summed E-state index contributed by atoms with van der Waals surface area (Å²) in [6, 6.07) is 9.08. The molecule has 2 atom stereocenters. The van der Waals surface area contributed by atoms with Gasteiger partial charge in [-0.1, -0.05) is 18.2 Å². The maximum Gasteiger partial charge on any atom is 0.125 e. The van der Waals surface area contributed by atoms with E-state index in [9.17, 15) is 0 Å². The first-order valence-electron chi connectivity index (χ1n) is 6.59. The van der Waals surface area contributed by atoms with Gasteiger partial charge in [-0.15, -0.1) is 0 Å². The molecule has 1 aliphatic heterocycles. The van der Waals surface area contributed by atoms with Gasteiger partial charge >= 0.3 is 0 Å². The molecule has 2 unspecified atom stereocenters. The van der Waals surface area contributed by atoms with Crippen molar-refractivity contribution in [2.75, 3.05) is 20.6 Å². The lowest BCUT2D eigenvalue weighted by atomic mass is 9.94. The van der Waals surface area contributed by atoms with Crippen LogP contribution in [0.2, 0.25) is 0 Å². The summed E-state index contributed by atoms with van der Waals surface area (Å²) in [6.07, 6.45) is 0. The molecule has 0 radical (unpaired) electrons. The average molecular weight is 248 g/mol. The second kappa shape index (κ2) is 4.90. The van der Waals surface area contributed by atoms with E-state index in [0.717, 1.165) is 12.3 Å². The standard InChI is InChI=1S/C15H24N2O/c1-11(17(4)5)10-16-14-12-8-6-7-9-13(12)18-15(14,2)3/h6-9,11,14,16H,10H2,1-5H3. The van der Waals surface area contributed by atoms with Crippen LogP contribution in [-0.4, -0.2) is 37.2 Å². The highest BCUT2D eigenvalue weighted by molar-refractivity contribution is 5.42. The lowest BCUT2D eigenvalue weighted by Crippen LogP contribution is -2.44. The van der Waals surface area contributed by atoms with Gasteiger partial charge in [0.15, 0.2) is 0 Å². The largest absolute Gasteiger partial charge is 0.486 e. The number of rotatable bonds is 4. The van der Waals surface area contributed by atoms with Crippen molar-refractivity contribution in [2.24, 2.45) is 0 Å². The zero-order chi connectivity index (χ0) is 13.3. The summed E-state index contributed by atoms with van der Waals surface area (Å²) < 4.78 is 6.02. The fourth-order valence-electron chi connectivity index (χ4n) is 2.36. The second-order valence-electron chi connectivity index (χ2n) is 5.90. The first kappa shape index (κ1) is 13.4. The van der Waals surface area contributed by atoms with Gasteiger partial charge in [0.2, 0.25) is 0 Å². The summed E-state index contributed by atoms with van der Waals surface area (Å²) >= 11 is 0. The minimum absolute atomic E-state index is 0.185. The van der Waals surface area contributed by atoms with Crippen molar-refractivity contribution in [1.29, 1.82) is 0 Å². The van der Waals surface area contributed by atoms with E-state index in [4.69, 9.17) is 4.74 Å². The molecule has 0 bridgehead atoms. The summed E-state index contributed by atoms with van der Waals surface area (Å²) in [4.78, 5) is 2.22. The quantitative estimate of drug-likeness (QED) is 0.885. The highest BCUT2D eigenvalue weighted by Gasteiger charge is 2.40. The molecule has 0 saturated carbocycles. The fraction of sp³-hybridized carbons (Fsp3) is 0.600. The monoisotopic (exact) mass is 248 g/mol. The van der Waals surface area contributed by atoms with Gasteiger partial charge in [-0.2, -0.15) is 0 Å². The average Bonchev–Trinajstić information content (AvgIpc) is 2.55. The number of ether oxygens (including phenoxy) is 1. The van der Waals surface area contributed by atoms with E-state index in [-0.39, 0.29) is 11.6 Å². The molecule has 0 aromatic heterocycles. The van der Waals surface area contributed by atoms with Gasteiger partial charge in [0.1, 0.15) is 11.4 Å². The van der Waals surface area contributed by atoms with Crippen LogP contribution >= 0.6 is 0 Å². The molecule has 1 aliphatic rings. The van der Waals surface area contributed by atoms with E-state index in [1.165, 1.54) is 5.56 Å². The molecule has 2 rings (SSSR count). The van der Waals surface area contributed by atoms with Crippen LogP contribution in [0.25, 0.3) is 0 Å². The van der Waals surface area contributed by atoms with Crippen molar-refractivity contribution >= 4 is 0 Å². The van der Waals surface area contributed by atoms with E-state index in [1.807, 2.05) is 12.1 Å². The molecule has 0 amide bonds. The highest BCUT2D eigenvalue weighted by atomic mass is 16.5. The highest BCUT2D eigenvalue weighted by Crippen LogP contribution is 2.42. The maximum atomic E-state index is 6.02. The Morgan fingerprint density at radius 1 is 1.33 bits per heavy atom. The van der Waals surface area contributed by atoms with Gasteiger partial charge < -0.3 is 15.0 Å². The van der Waals surface area contributed by atoms with Crippen LogP contribution in [0.3, 0.4) is 0 Å². The molecule has 1 aromatic carbocycles. The summed E-state index contributed by atoms with van der Waals surface area (Å²) in [6.45, 7) is 7.47. The Bertz CT molecular complexity index is 415. The van der Waals surface area contributed by atoms with Crippen LogP contribution in [0.1, 0.15) is 32.4 Å². The molecule has 1 aromatic rings. The second-order valence-corrected chi connectivity index (χ2v) is 5.90. The summed E-state index contributed by atoms with van der Waals surface area (Å²) in [5.41, 5.74) is 1.09. The Kier molecular flexibility index (Phi) is 3.64. The zero-order valence-corrected chi connectivity index (χ0v) is 12.0. The Morgan fingerprint density at radius 3 is 2.67 bits per heavy atom. The van der Waals surface area contributed by atoms with Crippen LogP contribution in [0.5, 0.6) is 5.75 Å². The van der Waals surface area contributed by atoms with Gasteiger partial charge in [-0.05, 0) is 40.9 Å². The Labute approximate surface area is 110 Å². The molecular formula is C15H24N2O. The van der Waals surface area contributed by atoms with Gasteiger partial charge in [-0.25, -0.2) is 0 Å². The van der Waals surface area contributed by atoms with Crippen LogP contribution in [0, 0.1) is 0 Å². The third-order valence-electron chi connectivity index (χ3n) is 3.80. The molecule has 1 heterocycles. The van der Waals surface area contributed by atoms with Crippen molar-refractivity contribution in [2.45, 2.75) is 38.5 Å². The number of hydrogen-bond acceptors (Lipinski definition) is 3. The third kappa shape index (κ3) is 2.52. The van der Waals surface area contributed by atoms with Crippen molar-refractivity contribution in [3.8, 4) is 5.75 Å². The Morgan fingerprint density at radius 2 is 2.00 bits per heavy atom. The Balaban J connectivity index is 2.11. The first-order valence-corrected chi connectivity index (χ1v) is 6.59. The van der Waals surface area contributed by atoms with Crippen LogP contribution in [-0.2, 0) is 0 Å². The number of para-hydroxylation sites is 1. The molecule has 0 spiro atoms. The number of fused-ring (bicyclic) bond motifs is 1. The topological polar surface area (TPSA) is 24.5 Å². The molecule has 100 valence electrons. The number of benzene rings is 1. The minimum Gasteiger partial charge on any atom is -0.486 e. The summed E-state index contributed by atoms with van der Waals surface area (Å²) in [5.74, 6) is 1.01. The number of hydrogen-bond donors (Lipinski definition) is 1. The van der Waals surface area contributed by atoms with Gasteiger partial charge in [0.25, 0.3) is 0 Å². The predicted molar refractivity (Wildman–Crippen MR) is 75.0 cm³/mol. The third-order valence-corrected chi connectivity index (χ3v) is 3.80. The summed E-state index contributed by atoms with van der Waals surface area (Å²) in [7, 11) is 4.22. The molecular weight excluding hydrogens is 224 g/mol. The predicted octanol–water partition coefficient (Wildman–Crippen LogP) is 2.44. The van der Waals surface area contributed by atoms with Gasteiger partial charge in [0, 0.05) is 18.2 Å². The molecule has 18 heavy (non-hydrogen) atoms. The van der Waals surface area contributed by atoms with Crippen molar-refractivity contribution < 1.29 is 4.74 Å². The first-order chi connectivity index (χ1) is 8.42. The van der Waals surface area contributed by atoms with E-state index in [2.05, 4.69) is 57.2 Å². The number of nitrogens with one attached hydrogen (secondary N) is 1. The minimum atomic E-state index is -0.185. The van der Waals surface area contributed by atoms with Crippen LogP contribution < -0.4 is 10.1 Å². The number of likely N-dealkylation sites (N-methyl/N-ethyl adjacent to an activating group) is 1. The molecule has 3 nitrogen and oxygen atoms in total. The zero-order valence-electron chi connectivity index (χ0n) is 12.0. The smallest absolute Gasteiger partial charge is 0.125 e. The Hall–Kier alpha value is -1.06. The van der Waals surface area contributed by atoms with Gasteiger partial charge in [-0.3, -0.25) is 0 Å². The summed E-state index contributed by atoms with van der Waals surface area (Å²) in [5, 5.41) is 3.64. The van der Waals surface area contributed by atoms with Crippen molar-refractivity contribution in [1.82, 2.24) is 10.2 Å². The normalized spacial score (nSPS) is 22.7.